The first-order chi connectivity index (χ1) is 10.6. The predicted octanol–water partition coefficient (Wildman–Crippen LogP) is 3.37. The van der Waals surface area contributed by atoms with Crippen LogP contribution in [0.3, 0.4) is 0 Å². The van der Waals surface area contributed by atoms with Crippen LogP contribution < -0.4 is 0 Å². The zero-order valence-corrected chi connectivity index (χ0v) is 12.9. The second-order valence-corrected chi connectivity index (χ2v) is 6.48. The van der Waals surface area contributed by atoms with E-state index in [9.17, 15) is 9.90 Å². The van der Waals surface area contributed by atoms with Crippen LogP contribution in [0.25, 0.3) is 11.0 Å². The molecule has 22 heavy (non-hydrogen) atoms. The third-order valence-corrected chi connectivity index (χ3v) is 4.81. The fourth-order valence-corrected chi connectivity index (χ4v) is 3.27. The highest BCUT2D eigenvalue weighted by molar-refractivity contribution is 6.00. The molecule has 1 aliphatic carbocycles. The number of carbonyl (C=O) groups is 1. The zero-order chi connectivity index (χ0) is 15.5. The summed E-state index contributed by atoms with van der Waals surface area (Å²) >= 11 is 0. The molecule has 1 fully saturated rings. The molecule has 0 spiro atoms. The van der Waals surface area contributed by atoms with Crippen LogP contribution in [-0.4, -0.2) is 27.3 Å². The minimum absolute atomic E-state index is 0.00385. The number of aliphatic hydroxyl groups is 1. The van der Waals surface area contributed by atoms with Crippen molar-refractivity contribution in [2.24, 2.45) is 11.8 Å². The average molecular weight is 302 g/mol. The van der Waals surface area contributed by atoms with Gasteiger partial charge in [0.15, 0.2) is 5.78 Å². The Morgan fingerprint density at radius 1 is 1.27 bits per heavy atom. The van der Waals surface area contributed by atoms with E-state index in [4.69, 9.17) is 0 Å². The minimum atomic E-state index is -0.113. The summed E-state index contributed by atoms with van der Waals surface area (Å²) in [6.45, 7) is 1.99. The molecule has 1 aliphatic rings. The molecule has 1 atom stereocenters. The third-order valence-electron chi connectivity index (χ3n) is 4.81. The van der Waals surface area contributed by atoms with Gasteiger partial charge in [0.25, 0.3) is 0 Å². The Kier molecular flexibility index (Phi) is 4.52. The maximum Gasteiger partial charge on any atom is 0.165 e. The van der Waals surface area contributed by atoms with Gasteiger partial charge in [-0.25, -0.2) is 4.63 Å². The van der Waals surface area contributed by atoms with Gasteiger partial charge in [-0.2, -0.15) is 0 Å². The Bertz CT molecular complexity index is 644. The number of rotatable bonds is 5. The lowest BCUT2D eigenvalue weighted by Crippen LogP contribution is -2.19. The molecule has 0 saturated heterocycles. The standard InChI is InChI=1S/C17H22N2O3/c1-11(2-3-12-4-7-14(20)8-5-12)17(21)13-6-9-15-16(10-13)19-22-18-15/h6,9-12,14,20H,2-5,7-8H2,1H3. The fourth-order valence-electron chi connectivity index (χ4n) is 3.27. The molecule has 2 aromatic rings. The smallest absolute Gasteiger partial charge is 0.165 e. The van der Waals surface area contributed by atoms with Gasteiger partial charge in [-0.05, 0) is 73.0 Å². The Hall–Kier alpha value is -1.75. The van der Waals surface area contributed by atoms with Gasteiger partial charge in [-0.15, -0.1) is 0 Å². The molecule has 0 bridgehead atoms. The van der Waals surface area contributed by atoms with Gasteiger partial charge in [0.2, 0.25) is 0 Å². The van der Waals surface area contributed by atoms with E-state index < -0.39 is 0 Å². The summed E-state index contributed by atoms with van der Waals surface area (Å²) in [5, 5.41) is 17.1. The van der Waals surface area contributed by atoms with Crippen molar-refractivity contribution < 1.29 is 14.5 Å². The number of hydrogen-bond donors (Lipinski definition) is 1. The van der Waals surface area contributed by atoms with Crippen LogP contribution in [0.2, 0.25) is 0 Å². The summed E-state index contributed by atoms with van der Waals surface area (Å²) in [7, 11) is 0. The summed E-state index contributed by atoms with van der Waals surface area (Å²) in [5.74, 6) is 0.811. The molecular formula is C17H22N2O3. The topological polar surface area (TPSA) is 76.2 Å². The van der Waals surface area contributed by atoms with Crippen molar-refractivity contribution in [3.05, 3.63) is 23.8 Å². The van der Waals surface area contributed by atoms with Crippen LogP contribution in [0.15, 0.2) is 22.8 Å². The largest absolute Gasteiger partial charge is 0.393 e. The summed E-state index contributed by atoms with van der Waals surface area (Å²) in [4.78, 5) is 12.5. The normalized spacial score (nSPS) is 23.5. The van der Waals surface area contributed by atoms with E-state index in [1.54, 1.807) is 18.2 Å². The summed E-state index contributed by atoms with van der Waals surface area (Å²) in [5.41, 5.74) is 1.97. The van der Waals surface area contributed by atoms with Crippen LogP contribution in [-0.2, 0) is 0 Å². The zero-order valence-electron chi connectivity index (χ0n) is 12.9. The van der Waals surface area contributed by atoms with Crippen molar-refractivity contribution in [2.75, 3.05) is 0 Å². The van der Waals surface area contributed by atoms with Crippen molar-refractivity contribution in [3.8, 4) is 0 Å². The molecule has 1 aromatic heterocycles. The SMILES string of the molecule is CC(CCC1CCC(O)CC1)C(=O)c1ccc2nonc2c1. The summed E-state index contributed by atoms with van der Waals surface area (Å²) in [6.07, 6.45) is 5.82. The number of Topliss-reactive ketones (excluding diaryl/α,β-unsaturated/α-hetero) is 1. The lowest BCUT2D eigenvalue weighted by Gasteiger charge is -2.26. The van der Waals surface area contributed by atoms with E-state index in [1.807, 2.05) is 6.92 Å². The third kappa shape index (κ3) is 3.35. The number of ketones is 1. The first kappa shape index (κ1) is 15.2. The second-order valence-electron chi connectivity index (χ2n) is 6.48. The van der Waals surface area contributed by atoms with E-state index >= 15 is 0 Å². The van der Waals surface area contributed by atoms with Crippen LogP contribution >= 0.6 is 0 Å². The van der Waals surface area contributed by atoms with Crippen molar-refractivity contribution in [1.82, 2.24) is 10.3 Å². The van der Waals surface area contributed by atoms with Gasteiger partial charge in [0.05, 0.1) is 6.10 Å². The minimum Gasteiger partial charge on any atom is -0.393 e. The van der Waals surface area contributed by atoms with Gasteiger partial charge in [0, 0.05) is 11.5 Å². The molecule has 118 valence electrons. The van der Waals surface area contributed by atoms with E-state index in [0.717, 1.165) is 38.5 Å². The molecule has 0 radical (unpaired) electrons. The van der Waals surface area contributed by atoms with Crippen molar-refractivity contribution in [1.29, 1.82) is 0 Å². The van der Waals surface area contributed by atoms with Crippen LogP contribution in [0, 0.1) is 11.8 Å². The van der Waals surface area contributed by atoms with Gasteiger partial charge < -0.3 is 5.11 Å². The molecule has 0 amide bonds. The van der Waals surface area contributed by atoms with Gasteiger partial charge in [-0.3, -0.25) is 4.79 Å². The number of fused-ring (bicyclic) bond motifs is 1. The van der Waals surface area contributed by atoms with E-state index in [1.165, 1.54) is 0 Å². The molecule has 1 N–H and O–H groups in total. The van der Waals surface area contributed by atoms with Gasteiger partial charge in [0.1, 0.15) is 11.0 Å². The van der Waals surface area contributed by atoms with Crippen molar-refractivity contribution >= 4 is 16.8 Å². The Labute approximate surface area is 129 Å². The lowest BCUT2D eigenvalue weighted by molar-refractivity contribution is 0.0892. The number of carbonyl (C=O) groups excluding carboxylic acids is 1. The molecule has 1 aromatic carbocycles. The predicted molar refractivity (Wildman–Crippen MR) is 82.5 cm³/mol. The van der Waals surface area contributed by atoms with Gasteiger partial charge >= 0.3 is 0 Å². The average Bonchev–Trinajstić information content (AvgIpc) is 3.00. The van der Waals surface area contributed by atoms with E-state index in [2.05, 4.69) is 14.9 Å². The van der Waals surface area contributed by atoms with Crippen LogP contribution in [0.4, 0.5) is 0 Å². The molecule has 1 saturated carbocycles. The maximum absolute atomic E-state index is 12.5. The number of hydrogen-bond acceptors (Lipinski definition) is 5. The highest BCUT2D eigenvalue weighted by Crippen LogP contribution is 2.29. The number of aliphatic hydroxyl groups excluding tert-OH is 1. The number of aromatic nitrogens is 2. The molecule has 0 aliphatic heterocycles. The highest BCUT2D eigenvalue weighted by atomic mass is 16.6. The van der Waals surface area contributed by atoms with Crippen molar-refractivity contribution in [3.63, 3.8) is 0 Å². The number of nitrogens with zero attached hydrogens (tertiary/aromatic N) is 2. The van der Waals surface area contributed by atoms with Crippen molar-refractivity contribution in [2.45, 2.75) is 51.6 Å². The fraction of sp³-hybridized carbons (Fsp3) is 0.588. The number of benzene rings is 1. The lowest BCUT2D eigenvalue weighted by atomic mass is 9.82. The van der Waals surface area contributed by atoms with E-state index in [-0.39, 0.29) is 17.8 Å². The maximum atomic E-state index is 12.5. The quantitative estimate of drug-likeness (QED) is 0.857. The molecule has 5 nitrogen and oxygen atoms in total. The van der Waals surface area contributed by atoms with Crippen LogP contribution in [0.5, 0.6) is 0 Å². The monoisotopic (exact) mass is 302 g/mol. The Morgan fingerprint density at radius 3 is 2.77 bits per heavy atom. The first-order valence-electron chi connectivity index (χ1n) is 8.08. The molecule has 5 heteroatoms. The summed E-state index contributed by atoms with van der Waals surface area (Å²) in [6, 6.07) is 5.32. The Balaban J connectivity index is 1.57. The second kappa shape index (κ2) is 6.57. The Morgan fingerprint density at radius 2 is 2.00 bits per heavy atom. The molecule has 1 heterocycles. The van der Waals surface area contributed by atoms with Crippen LogP contribution in [0.1, 0.15) is 55.8 Å². The first-order valence-corrected chi connectivity index (χ1v) is 8.08. The van der Waals surface area contributed by atoms with Gasteiger partial charge in [-0.1, -0.05) is 6.92 Å². The molecular weight excluding hydrogens is 280 g/mol. The highest BCUT2D eigenvalue weighted by Gasteiger charge is 2.22. The molecule has 1 unspecified atom stereocenters. The van der Waals surface area contributed by atoms with E-state index in [0.29, 0.717) is 22.5 Å². The molecule has 3 rings (SSSR count). The summed E-state index contributed by atoms with van der Waals surface area (Å²) < 4.78 is 4.66.